The number of nitrogens with zero attached hydrogens (tertiary/aromatic N) is 2. The molecule has 0 bridgehead atoms. The Morgan fingerprint density at radius 2 is 2.00 bits per heavy atom. The Bertz CT molecular complexity index is 752. The third-order valence-electron chi connectivity index (χ3n) is 3.90. The molecule has 1 aromatic carbocycles. The van der Waals surface area contributed by atoms with Crippen LogP contribution in [-0.4, -0.2) is 62.5 Å². The summed E-state index contributed by atoms with van der Waals surface area (Å²) in [4.78, 5) is 37.8. The Hall–Kier alpha value is -2.66. The van der Waals surface area contributed by atoms with Crippen LogP contribution >= 0.6 is 0 Å². The number of benzene rings is 1. The van der Waals surface area contributed by atoms with Crippen molar-refractivity contribution in [3.8, 4) is 0 Å². The van der Waals surface area contributed by atoms with Gasteiger partial charge in [0.2, 0.25) is 5.91 Å². The summed E-state index contributed by atoms with van der Waals surface area (Å²) < 4.78 is 45.4. The van der Waals surface area contributed by atoms with Crippen LogP contribution in [0.2, 0.25) is 0 Å². The van der Waals surface area contributed by atoms with E-state index in [4.69, 9.17) is 10.5 Å². The summed E-state index contributed by atoms with van der Waals surface area (Å²) in [5, 5.41) is 2.09. The molecule has 1 aliphatic heterocycles. The predicted molar refractivity (Wildman–Crippen MR) is 89.9 cm³/mol. The van der Waals surface area contributed by atoms with Gasteiger partial charge in [0.1, 0.15) is 6.61 Å². The molecule has 0 unspecified atom stereocenters. The molecule has 27 heavy (non-hydrogen) atoms. The van der Waals surface area contributed by atoms with Gasteiger partial charge in [-0.05, 0) is 32.3 Å². The fraction of sp³-hybridized carbons (Fsp3) is 0.438. The Morgan fingerprint density at radius 1 is 1.33 bits per heavy atom. The van der Waals surface area contributed by atoms with Crippen LogP contribution in [0, 0.1) is 0 Å². The average Bonchev–Trinajstić information content (AvgIpc) is 2.54. The predicted octanol–water partition coefficient (Wildman–Crippen LogP) is 0.423. The van der Waals surface area contributed by atoms with Crippen molar-refractivity contribution in [2.45, 2.75) is 12.2 Å². The average molecular weight is 388 g/mol. The van der Waals surface area contributed by atoms with Gasteiger partial charge in [0.05, 0.1) is 17.9 Å². The molecule has 1 heterocycles. The second kappa shape index (κ2) is 7.92. The lowest BCUT2D eigenvalue weighted by molar-refractivity contribution is -0.137. The van der Waals surface area contributed by atoms with Gasteiger partial charge in [-0.3, -0.25) is 19.3 Å². The van der Waals surface area contributed by atoms with E-state index in [9.17, 15) is 27.6 Å². The minimum atomic E-state index is -4.80. The van der Waals surface area contributed by atoms with Gasteiger partial charge in [-0.2, -0.15) is 13.2 Å². The van der Waals surface area contributed by atoms with E-state index >= 15 is 0 Å². The number of hydrogen-bond acceptors (Lipinski definition) is 5. The summed E-state index contributed by atoms with van der Waals surface area (Å²) in [5.74, 6) is -2.46. The zero-order chi connectivity index (χ0) is 20.4. The van der Waals surface area contributed by atoms with Crippen molar-refractivity contribution in [2.75, 3.05) is 44.1 Å². The Morgan fingerprint density at radius 3 is 2.52 bits per heavy atom. The van der Waals surface area contributed by atoms with Gasteiger partial charge in [0, 0.05) is 12.2 Å². The summed E-state index contributed by atoms with van der Waals surface area (Å²) >= 11 is 0. The van der Waals surface area contributed by atoms with E-state index in [-0.39, 0.29) is 25.4 Å². The van der Waals surface area contributed by atoms with Crippen molar-refractivity contribution < 1.29 is 32.3 Å². The zero-order valence-electron chi connectivity index (χ0n) is 14.7. The number of alkyl halides is 3. The first-order valence-electron chi connectivity index (χ1n) is 7.88. The van der Waals surface area contributed by atoms with Gasteiger partial charge in [0.15, 0.2) is 6.04 Å². The zero-order valence-corrected chi connectivity index (χ0v) is 14.7. The fourth-order valence-corrected chi connectivity index (χ4v) is 2.65. The lowest BCUT2D eigenvalue weighted by Gasteiger charge is -2.28. The third-order valence-corrected chi connectivity index (χ3v) is 3.90. The molecule has 3 amide bonds. The Balaban J connectivity index is 2.38. The van der Waals surface area contributed by atoms with E-state index < -0.39 is 41.2 Å². The summed E-state index contributed by atoms with van der Waals surface area (Å²) in [7, 11) is 2.79. The molecule has 1 aromatic rings. The van der Waals surface area contributed by atoms with E-state index in [1.807, 2.05) is 0 Å². The van der Waals surface area contributed by atoms with Gasteiger partial charge < -0.3 is 20.7 Å². The molecule has 0 spiro atoms. The van der Waals surface area contributed by atoms with E-state index in [1.165, 1.54) is 30.0 Å². The van der Waals surface area contributed by atoms with Crippen LogP contribution in [0.4, 0.5) is 24.5 Å². The van der Waals surface area contributed by atoms with Crippen LogP contribution in [-0.2, 0) is 25.3 Å². The lowest BCUT2D eigenvalue weighted by Crippen LogP contribution is -2.49. The highest BCUT2D eigenvalue weighted by Crippen LogP contribution is 2.37. The highest BCUT2D eigenvalue weighted by molar-refractivity contribution is 6.10. The number of hydrogen-bond donors (Lipinski definition) is 2. The number of likely N-dealkylation sites (N-methyl/N-ethyl adjacent to an activating group) is 1. The number of primary amides is 1. The van der Waals surface area contributed by atoms with Crippen molar-refractivity contribution in [1.29, 1.82) is 0 Å². The molecule has 11 heteroatoms. The molecular weight excluding hydrogens is 369 g/mol. The highest BCUT2D eigenvalue weighted by atomic mass is 19.4. The molecule has 2 rings (SSSR count). The van der Waals surface area contributed by atoms with E-state index in [0.717, 1.165) is 12.1 Å². The first-order valence-corrected chi connectivity index (χ1v) is 7.88. The summed E-state index contributed by atoms with van der Waals surface area (Å²) in [5.41, 5.74) is 3.49. The van der Waals surface area contributed by atoms with Crippen molar-refractivity contribution in [3.05, 3.63) is 23.8 Å². The molecule has 1 fully saturated rings. The van der Waals surface area contributed by atoms with Crippen LogP contribution in [0.15, 0.2) is 18.2 Å². The van der Waals surface area contributed by atoms with Crippen molar-refractivity contribution in [2.24, 2.45) is 5.73 Å². The minimum Gasteiger partial charge on any atom is -0.370 e. The topological polar surface area (TPSA) is 105 Å². The number of nitrogens with one attached hydrogen (secondary N) is 1. The second-order valence-corrected chi connectivity index (χ2v) is 6.08. The number of morpholine rings is 1. The Kier molecular flexibility index (Phi) is 6.06. The van der Waals surface area contributed by atoms with Gasteiger partial charge in [-0.1, -0.05) is 0 Å². The normalized spacial score (nSPS) is 16.4. The lowest BCUT2D eigenvalue weighted by atomic mass is 10.1. The largest absolute Gasteiger partial charge is 0.418 e. The van der Waals surface area contributed by atoms with Crippen LogP contribution in [0.1, 0.15) is 5.56 Å². The van der Waals surface area contributed by atoms with Gasteiger partial charge in [-0.25, -0.2) is 0 Å². The number of carbonyl (C=O) groups is 3. The number of carbonyl (C=O) groups excluding carboxylic acids is 3. The Labute approximate surface area is 153 Å². The smallest absolute Gasteiger partial charge is 0.370 e. The molecule has 0 aliphatic carbocycles. The fourth-order valence-electron chi connectivity index (χ4n) is 2.65. The van der Waals surface area contributed by atoms with E-state index in [0.29, 0.717) is 0 Å². The third kappa shape index (κ3) is 4.74. The summed E-state index contributed by atoms with van der Waals surface area (Å²) in [6.07, 6.45) is -4.80. The van der Waals surface area contributed by atoms with Crippen LogP contribution < -0.4 is 16.0 Å². The molecule has 0 saturated carbocycles. The molecule has 1 aliphatic rings. The van der Waals surface area contributed by atoms with Crippen LogP contribution in [0.3, 0.4) is 0 Å². The minimum absolute atomic E-state index is 0.0349. The van der Waals surface area contributed by atoms with Crippen molar-refractivity contribution in [3.63, 3.8) is 0 Å². The number of ether oxygens (including phenoxy) is 1. The maximum Gasteiger partial charge on any atom is 0.418 e. The monoisotopic (exact) mass is 388 g/mol. The molecular formula is C16H19F3N4O4. The van der Waals surface area contributed by atoms with Gasteiger partial charge >= 0.3 is 6.18 Å². The molecule has 8 nitrogen and oxygen atoms in total. The quantitative estimate of drug-likeness (QED) is 0.712. The first-order chi connectivity index (χ1) is 12.5. The van der Waals surface area contributed by atoms with Crippen LogP contribution in [0.25, 0.3) is 0 Å². The number of anilines is 2. The number of rotatable bonds is 5. The standard InChI is InChI=1S/C16H19F3N4O4/c1-22(2)13(14(20)25)15(26)21-11-4-3-9(7-10(11)16(17,18)19)23-5-6-27-8-12(23)24/h3-4,7,13H,5-6,8H2,1-2H3,(H2,20,25)(H,21,26)/t13-/m1/s1. The number of nitrogens with two attached hydrogens (primary N) is 1. The van der Waals surface area contributed by atoms with Crippen LogP contribution in [0.5, 0.6) is 0 Å². The summed E-state index contributed by atoms with van der Waals surface area (Å²) in [6.45, 7) is 0.101. The molecule has 3 N–H and O–H groups in total. The highest BCUT2D eigenvalue weighted by Gasteiger charge is 2.36. The second-order valence-electron chi connectivity index (χ2n) is 6.08. The maximum atomic E-state index is 13.5. The van der Waals surface area contributed by atoms with Crippen molar-refractivity contribution in [1.82, 2.24) is 4.90 Å². The molecule has 0 aromatic heterocycles. The van der Waals surface area contributed by atoms with Gasteiger partial charge in [-0.15, -0.1) is 0 Å². The number of amides is 3. The number of halogens is 3. The molecule has 148 valence electrons. The van der Waals surface area contributed by atoms with Gasteiger partial charge in [0.25, 0.3) is 11.8 Å². The van der Waals surface area contributed by atoms with Crippen molar-refractivity contribution >= 4 is 29.1 Å². The maximum absolute atomic E-state index is 13.5. The molecule has 1 saturated heterocycles. The summed E-state index contributed by atoms with van der Waals surface area (Å²) in [6, 6.07) is 1.65. The SMILES string of the molecule is CN(C)[C@H](C(N)=O)C(=O)Nc1ccc(N2CCOCC2=O)cc1C(F)(F)F. The van der Waals surface area contributed by atoms with E-state index in [2.05, 4.69) is 5.32 Å². The molecule has 1 atom stereocenters. The first kappa shape index (κ1) is 20.6. The van der Waals surface area contributed by atoms with E-state index in [1.54, 1.807) is 0 Å². The molecule has 0 radical (unpaired) electrons.